The summed E-state index contributed by atoms with van der Waals surface area (Å²) in [5.74, 6) is 0. The van der Waals surface area contributed by atoms with E-state index in [4.69, 9.17) is 14.2 Å². The van der Waals surface area contributed by atoms with Crippen LogP contribution in [0.2, 0.25) is 0 Å². The molecule has 0 amide bonds. The summed E-state index contributed by atoms with van der Waals surface area (Å²) in [6.07, 6.45) is 7.56. The van der Waals surface area contributed by atoms with Gasteiger partial charge in [-0.2, -0.15) is 0 Å². The molecule has 33 heavy (non-hydrogen) atoms. The van der Waals surface area contributed by atoms with E-state index in [9.17, 15) is 0 Å². The Morgan fingerprint density at radius 3 is 1.30 bits per heavy atom. The molecule has 2 saturated heterocycles. The molecule has 2 aromatic carbocycles. The molecule has 2 heterocycles. The van der Waals surface area contributed by atoms with E-state index in [1.807, 2.05) is 12.2 Å². The molecule has 3 nitrogen and oxygen atoms in total. The van der Waals surface area contributed by atoms with Crippen molar-refractivity contribution in [2.45, 2.75) is 89.0 Å². The van der Waals surface area contributed by atoms with Gasteiger partial charge in [0.25, 0.3) is 0 Å². The van der Waals surface area contributed by atoms with Gasteiger partial charge in [-0.05, 0) is 62.8 Å². The molecule has 2 fully saturated rings. The molecule has 0 aromatic heterocycles. The Labute approximate surface area is 199 Å². The molecule has 2 aromatic rings. The summed E-state index contributed by atoms with van der Waals surface area (Å²) in [5, 5.41) is 0. The molecule has 2 aliphatic heterocycles. The molecular formula is C30H38O3. The molecule has 4 rings (SSSR count). The lowest BCUT2D eigenvalue weighted by atomic mass is 9.91. The number of allylic oxidation sites excluding steroid dienone is 2. The lowest BCUT2D eigenvalue weighted by molar-refractivity contribution is -0.0772. The van der Waals surface area contributed by atoms with Crippen molar-refractivity contribution < 1.29 is 14.2 Å². The highest BCUT2D eigenvalue weighted by Gasteiger charge is 2.60. The van der Waals surface area contributed by atoms with Crippen LogP contribution in [0.4, 0.5) is 0 Å². The van der Waals surface area contributed by atoms with Crippen LogP contribution < -0.4 is 0 Å². The number of benzene rings is 2. The average molecular weight is 447 g/mol. The van der Waals surface area contributed by atoms with E-state index in [-0.39, 0.29) is 35.6 Å². The van der Waals surface area contributed by atoms with Gasteiger partial charge in [-0.25, -0.2) is 0 Å². The topological polar surface area (TPSA) is 34.3 Å². The van der Waals surface area contributed by atoms with Gasteiger partial charge >= 0.3 is 0 Å². The second-order valence-electron chi connectivity index (χ2n) is 10.0. The summed E-state index contributed by atoms with van der Waals surface area (Å²) in [5.41, 5.74) is 4.53. The molecule has 3 heteroatoms. The van der Waals surface area contributed by atoms with Crippen LogP contribution in [0.5, 0.6) is 0 Å². The van der Waals surface area contributed by atoms with Gasteiger partial charge in [0, 0.05) is 12.8 Å². The Morgan fingerprint density at radius 2 is 1.03 bits per heavy atom. The molecule has 0 saturated carbocycles. The third-order valence-electron chi connectivity index (χ3n) is 7.62. The highest BCUT2D eigenvalue weighted by atomic mass is 16.7. The van der Waals surface area contributed by atoms with Gasteiger partial charge in [-0.15, -0.1) is 13.2 Å². The number of rotatable bonds is 12. The largest absolute Gasteiger partial charge is 0.368 e. The first-order valence-electron chi connectivity index (χ1n) is 12.2. The fourth-order valence-electron chi connectivity index (χ4n) is 4.72. The summed E-state index contributed by atoms with van der Waals surface area (Å²) in [7, 11) is 0. The fourth-order valence-corrected chi connectivity index (χ4v) is 4.72. The minimum atomic E-state index is -0.277. The predicted octanol–water partition coefficient (Wildman–Crippen LogP) is 6.04. The van der Waals surface area contributed by atoms with Crippen LogP contribution in [0.1, 0.15) is 49.9 Å². The first kappa shape index (κ1) is 23.9. The third kappa shape index (κ3) is 5.32. The van der Waals surface area contributed by atoms with E-state index in [2.05, 4.69) is 89.4 Å². The molecule has 0 radical (unpaired) electrons. The van der Waals surface area contributed by atoms with Crippen molar-refractivity contribution in [3.05, 3.63) is 96.1 Å². The van der Waals surface area contributed by atoms with Crippen LogP contribution in [-0.4, -0.2) is 35.6 Å². The van der Waals surface area contributed by atoms with E-state index in [0.717, 1.165) is 25.7 Å². The second-order valence-corrected chi connectivity index (χ2v) is 10.0. The van der Waals surface area contributed by atoms with Crippen molar-refractivity contribution in [3.63, 3.8) is 0 Å². The predicted molar refractivity (Wildman–Crippen MR) is 135 cm³/mol. The van der Waals surface area contributed by atoms with Gasteiger partial charge in [-0.1, -0.05) is 60.7 Å². The SMILES string of the molecule is C=CCc1ccc(CC(OC(Cc2ccc(CC=C)cc2)C2(C)OC2C)C2(C)OC2C)cc1. The van der Waals surface area contributed by atoms with Crippen LogP contribution in [0.3, 0.4) is 0 Å². The maximum absolute atomic E-state index is 6.93. The normalized spacial score (nSPS) is 29.8. The molecule has 0 N–H and O–H groups in total. The summed E-state index contributed by atoms with van der Waals surface area (Å²) < 4.78 is 19.1. The van der Waals surface area contributed by atoms with Crippen molar-refractivity contribution in [2.24, 2.45) is 0 Å². The summed E-state index contributed by atoms with van der Waals surface area (Å²) in [6, 6.07) is 17.6. The van der Waals surface area contributed by atoms with Gasteiger partial charge in [0.15, 0.2) is 0 Å². The Hall–Kier alpha value is -2.20. The summed E-state index contributed by atoms with van der Waals surface area (Å²) >= 11 is 0. The second kappa shape index (κ2) is 9.58. The molecule has 176 valence electrons. The Morgan fingerprint density at radius 1 is 0.727 bits per heavy atom. The third-order valence-corrected chi connectivity index (χ3v) is 7.62. The maximum atomic E-state index is 6.93. The first-order valence-corrected chi connectivity index (χ1v) is 12.2. The molecular weight excluding hydrogens is 408 g/mol. The Balaban J connectivity index is 1.53. The zero-order valence-corrected chi connectivity index (χ0v) is 20.6. The minimum absolute atomic E-state index is 0.0454. The summed E-state index contributed by atoms with van der Waals surface area (Å²) in [4.78, 5) is 0. The lowest BCUT2D eigenvalue weighted by Gasteiger charge is -2.31. The Bertz CT molecular complexity index is 884. The quantitative estimate of drug-likeness (QED) is 0.295. The average Bonchev–Trinajstić information content (AvgIpc) is 3.63. The van der Waals surface area contributed by atoms with E-state index < -0.39 is 0 Å². The van der Waals surface area contributed by atoms with Crippen molar-refractivity contribution >= 4 is 0 Å². The molecule has 6 unspecified atom stereocenters. The molecule has 2 aliphatic rings. The number of hydrogen-bond donors (Lipinski definition) is 0. The van der Waals surface area contributed by atoms with E-state index in [0.29, 0.717) is 0 Å². The minimum Gasteiger partial charge on any atom is -0.368 e. The number of ether oxygens (including phenoxy) is 3. The zero-order valence-electron chi connectivity index (χ0n) is 20.6. The Kier molecular flexibility index (Phi) is 6.95. The van der Waals surface area contributed by atoms with Crippen molar-refractivity contribution in [1.82, 2.24) is 0 Å². The van der Waals surface area contributed by atoms with Crippen LogP contribution in [-0.2, 0) is 39.9 Å². The van der Waals surface area contributed by atoms with E-state index >= 15 is 0 Å². The van der Waals surface area contributed by atoms with Crippen LogP contribution in [0, 0.1) is 0 Å². The van der Waals surface area contributed by atoms with Gasteiger partial charge < -0.3 is 14.2 Å². The monoisotopic (exact) mass is 446 g/mol. The highest BCUT2D eigenvalue weighted by Crippen LogP contribution is 2.46. The lowest BCUT2D eigenvalue weighted by Crippen LogP contribution is -2.43. The maximum Gasteiger partial charge on any atom is 0.118 e. The van der Waals surface area contributed by atoms with Crippen LogP contribution >= 0.6 is 0 Å². The first-order chi connectivity index (χ1) is 15.8. The van der Waals surface area contributed by atoms with Crippen LogP contribution in [0.15, 0.2) is 73.8 Å². The molecule has 0 spiro atoms. The number of hydrogen-bond acceptors (Lipinski definition) is 3. The van der Waals surface area contributed by atoms with Crippen molar-refractivity contribution in [2.75, 3.05) is 0 Å². The van der Waals surface area contributed by atoms with E-state index in [1.165, 1.54) is 22.3 Å². The van der Waals surface area contributed by atoms with Gasteiger partial charge in [0.1, 0.15) is 11.2 Å². The summed E-state index contributed by atoms with van der Waals surface area (Å²) in [6.45, 7) is 16.3. The van der Waals surface area contributed by atoms with Crippen LogP contribution in [0.25, 0.3) is 0 Å². The molecule has 0 bridgehead atoms. The van der Waals surface area contributed by atoms with Crippen molar-refractivity contribution in [3.8, 4) is 0 Å². The van der Waals surface area contributed by atoms with Crippen molar-refractivity contribution in [1.29, 1.82) is 0 Å². The van der Waals surface area contributed by atoms with E-state index in [1.54, 1.807) is 0 Å². The standard InChI is InChI=1S/C30H38O3/c1-7-9-23-11-15-25(16-12-23)19-27(29(5)21(3)32-29)31-28(30(6)22(4)33-30)20-26-17-13-24(10-8-2)14-18-26/h7-8,11-18,21-22,27-28H,1-2,9-10,19-20H2,3-6H3. The van der Waals surface area contributed by atoms with Gasteiger partial charge in [0.2, 0.25) is 0 Å². The molecule has 0 aliphatic carbocycles. The molecule has 6 atom stereocenters. The fraction of sp³-hybridized carbons (Fsp3) is 0.467. The smallest absolute Gasteiger partial charge is 0.118 e. The number of epoxide rings is 2. The van der Waals surface area contributed by atoms with Gasteiger partial charge in [0.05, 0.1) is 24.4 Å². The highest BCUT2D eigenvalue weighted by molar-refractivity contribution is 5.27. The van der Waals surface area contributed by atoms with Gasteiger partial charge in [-0.3, -0.25) is 0 Å². The zero-order chi connectivity index (χ0) is 23.6.